The van der Waals surface area contributed by atoms with Crippen LogP contribution >= 0.6 is 27.3 Å². The van der Waals surface area contributed by atoms with Crippen molar-refractivity contribution in [2.24, 2.45) is 0 Å². The van der Waals surface area contributed by atoms with E-state index in [9.17, 15) is 4.79 Å². The van der Waals surface area contributed by atoms with Gasteiger partial charge in [0, 0.05) is 22.7 Å². The Labute approximate surface area is 120 Å². The first-order chi connectivity index (χ1) is 8.40. The summed E-state index contributed by atoms with van der Waals surface area (Å²) in [5, 5.41) is 6.21. The third kappa shape index (κ3) is 6.08. The number of halogens is 1. The number of thiophene rings is 1. The van der Waals surface area contributed by atoms with E-state index in [1.165, 1.54) is 11.3 Å². The minimum atomic E-state index is -0.486. The van der Waals surface area contributed by atoms with Crippen molar-refractivity contribution < 1.29 is 9.53 Å². The van der Waals surface area contributed by atoms with Crippen LogP contribution in [0.3, 0.4) is 0 Å². The second kappa shape index (κ2) is 6.81. The van der Waals surface area contributed by atoms with Gasteiger partial charge in [-0.2, -0.15) is 0 Å². The quantitative estimate of drug-likeness (QED) is 0.651. The molecule has 3 nitrogen and oxygen atoms in total. The maximum Gasteiger partial charge on any atom is 0.412 e. The molecule has 0 aliphatic heterocycles. The highest BCUT2D eigenvalue weighted by atomic mass is 79.9. The highest BCUT2D eigenvalue weighted by Crippen LogP contribution is 2.20. The molecule has 0 aliphatic carbocycles. The third-order valence-electron chi connectivity index (χ3n) is 1.68. The molecule has 0 spiro atoms. The van der Waals surface area contributed by atoms with E-state index >= 15 is 0 Å². The van der Waals surface area contributed by atoms with E-state index in [2.05, 4.69) is 33.1 Å². The fraction of sp³-hybridized carbons (Fsp3) is 0.462. The molecule has 0 saturated carbocycles. The van der Waals surface area contributed by atoms with Gasteiger partial charge < -0.3 is 4.74 Å². The lowest BCUT2D eigenvalue weighted by atomic mass is 10.2. The lowest BCUT2D eigenvalue weighted by molar-refractivity contribution is 0.0636. The Morgan fingerprint density at radius 1 is 1.56 bits per heavy atom. The van der Waals surface area contributed by atoms with Gasteiger partial charge in [0.05, 0.1) is 5.00 Å². The van der Waals surface area contributed by atoms with Crippen LogP contribution in [-0.4, -0.2) is 17.0 Å². The maximum atomic E-state index is 11.5. The van der Waals surface area contributed by atoms with Gasteiger partial charge in [-0.1, -0.05) is 27.8 Å². The van der Waals surface area contributed by atoms with Crippen LogP contribution in [0.1, 0.15) is 32.8 Å². The molecule has 1 N–H and O–H groups in total. The first-order valence-corrected chi connectivity index (χ1v) is 7.54. The number of anilines is 1. The predicted molar refractivity (Wildman–Crippen MR) is 79.5 cm³/mol. The summed E-state index contributed by atoms with van der Waals surface area (Å²) in [5.74, 6) is 6.05. The Kier molecular flexibility index (Phi) is 5.70. The summed E-state index contributed by atoms with van der Waals surface area (Å²) < 4.78 is 5.16. The summed E-state index contributed by atoms with van der Waals surface area (Å²) in [7, 11) is 0. The van der Waals surface area contributed by atoms with Crippen LogP contribution in [-0.2, 0) is 4.74 Å². The second-order valence-corrected chi connectivity index (χ2v) is 6.27. The summed E-state index contributed by atoms with van der Waals surface area (Å²) in [6, 6.07) is 1.84. The SMILES string of the molecule is CC(C)(C)OC(=O)Nc1cc(C#CCCBr)cs1. The van der Waals surface area contributed by atoms with Gasteiger partial charge in [-0.05, 0) is 26.8 Å². The Morgan fingerprint density at radius 3 is 2.89 bits per heavy atom. The van der Waals surface area contributed by atoms with Gasteiger partial charge in [0.2, 0.25) is 0 Å². The number of hydrogen-bond acceptors (Lipinski definition) is 3. The van der Waals surface area contributed by atoms with Crippen molar-refractivity contribution in [3.63, 3.8) is 0 Å². The summed E-state index contributed by atoms with van der Waals surface area (Å²) in [6.07, 6.45) is 0.370. The van der Waals surface area contributed by atoms with Crippen molar-refractivity contribution >= 4 is 38.4 Å². The zero-order valence-corrected chi connectivity index (χ0v) is 13.1. The molecule has 0 aliphatic rings. The molecule has 0 saturated heterocycles. The zero-order chi connectivity index (χ0) is 13.6. The topological polar surface area (TPSA) is 38.3 Å². The molecule has 1 aromatic heterocycles. The summed E-state index contributed by atoms with van der Waals surface area (Å²) >= 11 is 4.75. The normalized spacial score (nSPS) is 10.4. The minimum Gasteiger partial charge on any atom is -0.444 e. The van der Waals surface area contributed by atoms with Crippen molar-refractivity contribution in [2.45, 2.75) is 32.8 Å². The molecule has 0 radical (unpaired) electrons. The Bertz CT molecular complexity index is 465. The van der Waals surface area contributed by atoms with Crippen molar-refractivity contribution in [1.82, 2.24) is 0 Å². The van der Waals surface area contributed by atoms with Gasteiger partial charge in [0.25, 0.3) is 0 Å². The molecule has 0 unspecified atom stereocenters. The van der Waals surface area contributed by atoms with Crippen molar-refractivity contribution in [1.29, 1.82) is 0 Å². The fourth-order valence-corrected chi connectivity index (χ4v) is 2.00. The molecule has 0 atom stereocenters. The summed E-state index contributed by atoms with van der Waals surface area (Å²) in [4.78, 5) is 11.5. The molecule has 1 heterocycles. The van der Waals surface area contributed by atoms with E-state index < -0.39 is 11.7 Å². The van der Waals surface area contributed by atoms with E-state index in [0.717, 1.165) is 22.3 Å². The largest absolute Gasteiger partial charge is 0.444 e. The van der Waals surface area contributed by atoms with Gasteiger partial charge in [-0.3, -0.25) is 5.32 Å². The lowest BCUT2D eigenvalue weighted by Crippen LogP contribution is -2.26. The van der Waals surface area contributed by atoms with E-state index in [1.54, 1.807) is 0 Å². The van der Waals surface area contributed by atoms with Crippen LogP contribution in [0.2, 0.25) is 0 Å². The Balaban J connectivity index is 2.55. The summed E-state index contributed by atoms with van der Waals surface area (Å²) in [5.41, 5.74) is 0.423. The van der Waals surface area contributed by atoms with E-state index in [4.69, 9.17) is 4.74 Å². The van der Waals surface area contributed by atoms with Crippen molar-refractivity contribution in [2.75, 3.05) is 10.6 Å². The highest BCUT2D eigenvalue weighted by Gasteiger charge is 2.16. The molecule has 1 amide bonds. The van der Waals surface area contributed by atoms with Gasteiger partial charge >= 0.3 is 6.09 Å². The van der Waals surface area contributed by atoms with Crippen LogP contribution in [0, 0.1) is 11.8 Å². The van der Waals surface area contributed by atoms with E-state index in [-0.39, 0.29) is 0 Å². The monoisotopic (exact) mass is 329 g/mol. The standard InChI is InChI=1S/C13H16BrNO2S/c1-13(2,3)17-12(16)15-11-8-10(9-18-11)6-4-5-7-14/h8-9H,5,7H2,1-3H3,(H,15,16). The molecule has 1 aromatic rings. The first kappa shape index (κ1) is 15.1. The number of ether oxygens (including phenoxy) is 1. The molecular weight excluding hydrogens is 314 g/mol. The highest BCUT2D eigenvalue weighted by molar-refractivity contribution is 9.09. The molecule has 5 heteroatoms. The molecule has 0 aromatic carbocycles. The number of carbonyl (C=O) groups is 1. The van der Waals surface area contributed by atoms with Gasteiger partial charge in [-0.25, -0.2) is 4.79 Å². The molecule has 98 valence electrons. The van der Waals surface area contributed by atoms with Crippen LogP contribution in [0.25, 0.3) is 0 Å². The van der Waals surface area contributed by atoms with Crippen LogP contribution in [0.4, 0.5) is 9.80 Å². The van der Waals surface area contributed by atoms with Gasteiger partial charge in [0.15, 0.2) is 0 Å². The molecule has 18 heavy (non-hydrogen) atoms. The Morgan fingerprint density at radius 2 is 2.28 bits per heavy atom. The predicted octanol–water partition coefficient (Wildman–Crippen LogP) is 4.23. The molecular formula is C13H16BrNO2S. The molecule has 0 fully saturated rings. The number of hydrogen-bond donors (Lipinski definition) is 1. The molecule has 0 bridgehead atoms. The van der Waals surface area contributed by atoms with Gasteiger partial charge in [0.1, 0.15) is 5.60 Å². The smallest absolute Gasteiger partial charge is 0.412 e. The number of alkyl halides is 1. The average molecular weight is 330 g/mol. The van der Waals surface area contributed by atoms with Gasteiger partial charge in [-0.15, -0.1) is 11.3 Å². The maximum absolute atomic E-state index is 11.5. The first-order valence-electron chi connectivity index (χ1n) is 5.54. The number of nitrogens with one attached hydrogen (secondary N) is 1. The number of rotatable bonds is 2. The van der Waals surface area contributed by atoms with Crippen molar-refractivity contribution in [3.8, 4) is 11.8 Å². The lowest BCUT2D eigenvalue weighted by Gasteiger charge is -2.19. The second-order valence-electron chi connectivity index (χ2n) is 4.57. The fourth-order valence-electron chi connectivity index (χ4n) is 1.08. The number of amides is 1. The van der Waals surface area contributed by atoms with Crippen LogP contribution < -0.4 is 5.32 Å². The van der Waals surface area contributed by atoms with E-state index in [0.29, 0.717) is 0 Å². The van der Waals surface area contributed by atoms with Crippen molar-refractivity contribution in [3.05, 3.63) is 17.0 Å². The zero-order valence-electron chi connectivity index (χ0n) is 10.7. The van der Waals surface area contributed by atoms with E-state index in [1.807, 2.05) is 32.2 Å². The minimum absolute atomic E-state index is 0.440. The third-order valence-corrected chi connectivity index (χ3v) is 2.92. The molecule has 1 rings (SSSR count). The number of carbonyl (C=O) groups excluding carboxylic acids is 1. The van der Waals surface area contributed by atoms with Crippen LogP contribution in [0.15, 0.2) is 11.4 Å². The van der Waals surface area contributed by atoms with Crippen LogP contribution in [0.5, 0.6) is 0 Å². The average Bonchev–Trinajstić information content (AvgIpc) is 2.63. The Hall–Kier alpha value is -0.990. The summed E-state index contributed by atoms with van der Waals surface area (Å²) in [6.45, 7) is 5.49.